The van der Waals surface area contributed by atoms with Crippen LogP contribution in [0.2, 0.25) is 0 Å². The number of carbonyl (C=O) groups excluding carboxylic acids is 1. The van der Waals surface area contributed by atoms with E-state index in [4.69, 9.17) is 9.47 Å². The summed E-state index contributed by atoms with van der Waals surface area (Å²) in [4.78, 5) is 42.6. The first-order valence-electron chi connectivity index (χ1n) is 11.3. The third-order valence-electron chi connectivity index (χ3n) is 6.31. The maximum absolute atomic E-state index is 13.1. The molecule has 2 aromatic carbocycles. The first-order chi connectivity index (χ1) is 16.5. The van der Waals surface area contributed by atoms with Gasteiger partial charge in [0.05, 0.1) is 11.0 Å². The van der Waals surface area contributed by atoms with E-state index in [1.54, 1.807) is 35.2 Å². The van der Waals surface area contributed by atoms with Crippen LogP contribution in [0.4, 0.5) is 0 Å². The number of piperazine rings is 1. The predicted molar refractivity (Wildman–Crippen MR) is 127 cm³/mol. The highest BCUT2D eigenvalue weighted by Gasteiger charge is 2.24. The number of hydrogen-bond acceptors (Lipinski definition) is 6. The van der Waals surface area contributed by atoms with E-state index in [2.05, 4.69) is 11.5 Å². The van der Waals surface area contributed by atoms with Gasteiger partial charge < -0.3 is 14.4 Å². The first-order valence-corrected chi connectivity index (χ1v) is 11.3. The fourth-order valence-electron chi connectivity index (χ4n) is 4.53. The molecule has 5 rings (SSSR count). The zero-order valence-corrected chi connectivity index (χ0v) is 18.8. The molecule has 0 saturated carbocycles. The molecule has 1 aromatic heterocycles. The van der Waals surface area contributed by atoms with Gasteiger partial charge in [0.15, 0.2) is 11.5 Å². The number of allylic oxidation sites excluding steroid dienone is 1. The Morgan fingerprint density at radius 1 is 0.912 bits per heavy atom. The fraction of sp³-hybridized carbons (Fsp3) is 0.320. The molecule has 0 unspecified atom stereocenters. The minimum atomic E-state index is -0.699. The van der Waals surface area contributed by atoms with Crippen molar-refractivity contribution in [1.82, 2.24) is 18.9 Å². The summed E-state index contributed by atoms with van der Waals surface area (Å²) in [7, 11) is 0. The molecule has 0 radical (unpaired) electrons. The molecule has 0 bridgehead atoms. The van der Waals surface area contributed by atoms with Gasteiger partial charge in [-0.15, -0.1) is 6.58 Å². The van der Waals surface area contributed by atoms with Crippen molar-refractivity contribution in [2.75, 3.05) is 33.0 Å². The van der Waals surface area contributed by atoms with Crippen molar-refractivity contribution in [3.8, 4) is 11.5 Å². The number of fused-ring (bicyclic) bond motifs is 2. The van der Waals surface area contributed by atoms with E-state index in [-0.39, 0.29) is 25.8 Å². The van der Waals surface area contributed by atoms with Crippen LogP contribution >= 0.6 is 0 Å². The summed E-state index contributed by atoms with van der Waals surface area (Å²) < 4.78 is 13.5. The van der Waals surface area contributed by atoms with Gasteiger partial charge in [-0.1, -0.05) is 24.3 Å². The van der Waals surface area contributed by atoms with Gasteiger partial charge in [0.2, 0.25) is 12.7 Å². The number of ether oxygens (including phenoxy) is 2. The van der Waals surface area contributed by atoms with E-state index in [0.29, 0.717) is 24.1 Å². The molecule has 9 nitrogen and oxygen atoms in total. The normalized spacial score (nSPS) is 15.6. The summed E-state index contributed by atoms with van der Waals surface area (Å²) in [6.45, 7) is 7.30. The van der Waals surface area contributed by atoms with Crippen LogP contribution in [-0.4, -0.2) is 57.8 Å². The number of nitrogens with zero attached hydrogens (tertiary/aromatic N) is 4. The highest BCUT2D eigenvalue weighted by atomic mass is 16.7. The number of aromatic nitrogens is 2. The van der Waals surface area contributed by atoms with Crippen molar-refractivity contribution in [3.05, 3.63) is 81.4 Å². The lowest BCUT2D eigenvalue weighted by Gasteiger charge is -2.35. The second kappa shape index (κ2) is 9.18. The predicted octanol–water partition coefficient (Wildman–Crippen LogP) is 1.42. The van der Waals surface area contributed by atoms with E-state index in [1.807, 2.05) is 18.2 Å². The van der Waals surface area contributed by atoms with E-state index >= 15 is 0 Å². The Bertz CT molecular complexity index is 1370. The maximum Gasteiger partial charge on any atom is 0.317 e. The Labute approximate surface area is 196 Å². The second-order valence-electron chi connectivity index (χ2n) is 8.43. The quantitative estimate of drug-likeness (QED) is 0.407. The minimum Gasteiger partial charge on any atom is -0.454 e. The lowest BCUT2D eigenvalue weighted by molar-refractivity contribution is -0.133. The van der Waals surface area contributed by atoms with Gasteiger partial charge in [0.1, 0.15) is 6.54 Å². The number of rotatable bonds is 6. The molecular formula is C25H26N4O5. The van der Waals surface area contributed by atoms with Crippen LogP contribution in [-0.2, 0) is 24.4 Å². The molecule has 2 aliphatic rings. The van der Waals surface area contributed by atoms with Crippen molar-refractivity contribution in [2.24, 2.45) is 0 Å². The number of hydrogen-bond donors (Lipinski definition) is 0. The molecule has 1 amide bonds. The Kier molecular flexibility index (Phi) is 5.93. The lowest BCUT2D eigenvalue weighted by atomic mass is 10.1. The summed E-state index contributed by atoms with van der Waals surface area (Å²) in [5.74, 6) is 1.36. The highest BCUT2D eigenvalue weighted by Crippen LogP contribution is 2.32. The van der Waals surface area contributed by atoms with Crippen molar-refractivity contribution in [2.45, 2.75) is 19.6 Å². The maximum atomic E-state index is 13.1. The van der Waals surface area contributed by atoms with Crippen LogP contribution in [0.1, 0.15) is 5.56 Å². The smallest absolute Gasteiger partial charge is 0.317 e. The number of carbonyl (C=O) groups is 1. The first kappa shape index (κ1) is 22.0. The summed E-state index contributed by atoms with van der Waals surface area (Å²) >= 11 is 0. The molecule has 1 fully saturated rings. The van der Waals surface area contributed by atoms with Crippen LogP contribution < -0.4 is 20.6 Å². The number of benzene rings is 2. The minimum absolute atomic E-state index is 0.161. The zero-order valence-electron chi connectivity index (χ0n) is 18.8. The average Bonchev–Trinajstić information content (AvgIpc) is 3.33. The monoisotopic (exact) mass is 462 g/mol. The Balaban J connectivity index is 1.27. The van der Waals surface area contributed by atoms with Crippen LogP contribution in [0, 0.1) is 0 Å². The molecule has 3 heterocycles. The molecule has 0 N–H and O–H groups in total. The van der Waals surface area contributed by atoms with Crippen LogP contribution in [0.5, 0.6) is 11.5 Å². The largest absolute Gasteiger partial charge is 0.454 e. The molecule has 0 atom stereocenters. The van der Waals surface area contributed by atoms with Gasteiger partial charge in [-0.25, -0.2) is 0 Å². The van der Waals surface area contributed by atoms with E-state index < -0.39 is 11.1 Å². The summed E-state index contributed by atoms with van der Waals surface area (Å²) in [6.07, 6.45) is 1.58. The zero-order chi connectivity index (χ0) is 23.7. The molecule has 2 aliphatic heterocycles. The average molecular weight is 463 g/mol. The molecule has 3 aromatic rings. The van der Waals surface area contributed by atoms with Crippen LogP contribution in [0.25, 0.3) is 11.0 Å². The molecular weight excluding hydrogens is 436 g/mol. The topological polar surface area (TPSA) is 86.0 Å². The fourth-order valence-corrected chi connectivity index (χ4v) is 4.53. The standard InChI is InChI=1S/C25H26N4O5/c1-2-9-28-19-5-3-4-6-20(19)29(25(32)24(28)31)16-23(30)27-12-10-26(11-13-27)15-18-7-8-21-22(14-18)34-17-33-21/h2-8,14H,1,9-13,15-17H2. The Morgan fingerprint density at radius 3 is 2.32 bits per heavy atom. The third kappa shape index (κ3) is 4.10. The van der Waals surface area contributed by atoms with Gasteiger partial charge >= 0.3 is 11.1 Å². The van der Waals surface area contributed by atoms with Crippen molar-refractivity contribution in [3.63, 3.8) is 0 Å². The Hall–Kier alpha value is -3.85. The summed E-state index contributed by atoms with van der Waals surface area (Å²) in [5.41, 5.74) is 0.939. The van der Waals surface area contributed by atoms with Crippen molar-refractivity contribution in [1.29, 1.82) is 0 Å². The van der Waals surface area contributed by atoms with Crippen molar-refractivity contribution < 1.29 is 14.3 Å². The van der Waals surface area contributed by atoms with Gasteiger partial charge in [-0.3, -0.25) is 28.4 Å². The molecule has 0 aliphatic carbocycles. The van der Waals surface area contributed by atoms with Gasteiger partial charge in [0.25, 0.3) is 0 Å². The highest BCUT2D eigenvalue weighted by molar-refractivity contribution is 5.80. The third-order valence-corrected chi connectivity index (χ3v) is 6.31. The van der Waals surface area contributed by atoms with Gasteiger partial charge in [0, 0.05) is 39.3 Å². The molecule has 0 spiro atoms. The summed E-state index contributed by atoms with van der Waals surface area (Å²) in [6, 6.07) is 13.1. The van der Waals surface area contributed by atoms with E-state index in [9.17, 15) is 14.4 Å². The van der Waals surface area contributed by atoms with E-state index in [1.165, 1.54) is 9.13 Å². The second-order valence-corrected chi connectivity index (χ2v) is 8.43. The van der Waals surface area contributed by atoms with E-state index in [0.717, 1.165) is 36.7 Å². The van der Waals surface area contributed by atoms with Crippen LogP contribution in [0.15, 0.2) is 64.7 Å². The van der Waals surface area contributed by atoms with Gasteiger partial charge in [-0.2, -0.15) is 0 Å². The number of amides is 1. The van der Waals surface area contributed by atoms with Crippen molar-refractivity contribution >= 4 is 16.9 Å². The SMILES string of the molecule is C=CCn1c(=O)c(=O)n(CC(=O)N2CCN(Cc3ccc4c(c3)OCO4)CC2)c2ccccc21. The molecule has 34 heavy (non-hydrogen) atoms. The molecule has 9 heteroatoms. The van der Waals surface area contributed by atoms with Gasteiger partial charge in [-0.05, 0) is 29.8 Å². The Morgan fingerprint density at radius 2 is 1.59 bits per heavy atom. The molecule has 1 saturated heterocycles. The lowest BCUT2D eigenvalue weighted by Crippen LogP contribution is -2.50. The number of para-hydroxylation sites is 2. The van der Waals surface area contributed by atoms with Crippen LogP contribution in [0.3, 0.4) is 0 Å². The summed E-state index contributed by atoms with van der Waals surface area (Å²) in [5, 5.41) is 0. The molecule has 176 valence electrons.